The summed E-state index contributed by atoms with van der Waals surface area (Å²) in [6.07, 6.45) is 12.2. The summed E-state index contributed by atoms with van der Waals surface area (Å²) in [7, 11) is 14.9. The van der Waals surface area contributed by atoms with Gasteiger partial charge in [-0.1, -0.05) is 85.4 Å². The van der Waals surface area contributed by atoms with Crippen LogP contribution in [-0.4, -0.2) is 77.3 Å². The zero-order chi connectivity index (χ0) is 49.3. The Labute approximate surface area is 420 Å². The first-order valence-electron chi connectivity index (χ1n) is 23.9. The molecule has 0 amide bonds. The average Bonchev–Trinajstić information content (AvgIpc) is 3.87. The topological polar surface area (TPSA) is 149 Å². The lowest BCUT2D eigenvalue weighted by Gasteiger charge is -2.14. The molecule has 14 nitrogen and oxygen atoms in total. The highest BCUT2D eigenvalue weighted by atomic mass is 32.2. The molecule has 0 saturated carbocycles. The van der Waals surface area contributed by atoms with Crippen molar-refractivity contribution in [1.29, 1.82) is 0 Å². The number of hydrogen-bond donors (Lipinski definition) is 0. The zero-order valence-electron chi connectivity index (χ0n) is 41.6. The van der Waals surface area contributed by atoms with E-state index in [0.29, 0.717) is 60.6 Å². The lowest BCUT2D eigenvalue weighted by Crippen LogP contribution is -2.36. The van der Waals surface area contributed by atoms with E-state index in [1.807, 2.05) is 24.3 Å². The maximum absolute atomic E-state index is 8.48. The van der Waals surface area contributed by atoms with Crippen LogP contribution in [0, 0.1) is 0 Å². The van der Waals surface area contributed by atoms with Gasteiger partial charge < -0.3 is 50.2 Å². The van der Waals surface area contributed by atoms with Crippen LogP contribution in [0.4, 0.5) is 11.4 Å². The Kier molecular flexibility index (Phi) is 16.3. The number of anilines is 2. The van der Waals surface area contributed by atoms with Gasteiger partial charge in [0.1, 0.15) is 11.0 Å². The summed E-state index contributed by atoms with van der Waals surface area (Å²) in [5, 5.41) is 4.19. The summed E-state index contributed by atoms with van der Waals surface area (Å²) in [6, 6.07) is 24.9. The van der Waals surface area contributed by atoms with E-state index in [1.165, 1.54) is 21.2 Å². The molecule has 6 aromatic rings. The van der Waals surface area contributed by atoms with Crippen molar-refractivity contribution in [2.75, 3.05) is 65.4 Å². The van der Waals surface area contributed by atoms with Crippen LogP contribution in [0.15, 0.2) is 103 Å². The third kappa shape index (κ3) is 11.1. The molecule has 0 radical (unpaired) electrons. The fraction of sp³-hybridized carbons (Fsp3) is 0.370. The molecule has 8 rings (SSSR count). The number of nitrogens with one attached hydrogen (secondary N) is 2. The monoisotopic (exact) mass is 980 g/mol. The zero-order valence-corrected chi connectivity index (χ0v) is 43.2. The van der Waals surface area contributed by atoms with Crippen LogP contribution in [0.3, 0.4) is 0 Å². The minimum absolute atomic E-state index is 0.415. The predicted molar refractivity (Wildman–Crippen MR) is 287 cm³/mol. The highest BCUT2D eigenvalue weighted by Crippen LogP contribution is 2.47. The number of nitrogens with zero attached hydrogens (tertiary/aromatic N) is 8. The quantitative estimate of drug-likeness (QED) is 0.0295. The molecule has 16 heteroatoms. The van der Waals surface area contributed by atoms with Crippen molar-refractivity contribution in [3.8, 4) is 23.0 Å². The van der Waals surface area contributed by atoms with Gasteiger partial charge in [0, 0.05) is 48.2 Å². The molecule has 0 unspecified atom stereocenters. The summed E-state index contributed by atoms with van der Waals surface area (Å²) >= 11 is 3.49. The molecule has 0 saturated heterocycles. The largest absolute Gasteiger partial charge is 0.493 e. The molecule has 2 aromatic heterocycles. The maximum atomic E-state index is 8.48. The number of hydrogen-bond acceptors (Lipinski definition) is 12. The Morgan fingerprint density at radius 2 is 0.957 bits per heavy atom. The third-order valence-corrected chi connectivity index (χ3v) is 15.2. The van der Waals surface area contributed by atoms with Gasteiger partial charge in [0.2, 0.25) is 0 Å². The van der Waals surface area contributed by atoms with Gasteiger partial charge in [0.15, 0.2) is 34.4 Å². The molecule has 0 spiro atoms. The normalized spacial score (nSPS) is 14.9. The van der Waals surface area contributed by atoms with E-state index in [4.69, 9.17) is 40.4 Å². The van der Waals surface area contributed by atoms with Crippen molar-refractivity contribution in [3.05, 3.63) is 117 Å². The van der Waals surface area contributed by atoms with Gasteiger partial charge in [-0.05, 0) is 84.9 Å². The van der Waals surface area contributed by atoms with E-state index in [9.17, 15) is 0 Å². The molecule has 0 bridgehead atoms. The van der Waals surface area contributed by atoms with Crippen molar-refractivity contribution >= 4 is 80.5 Å². The number of aryl methyl sites for hydroxylation is 4. The van der Waals surface area contributed by atoms with Crippen molar-refractivity contribution < 1.29 is 28.1 Å². The number of rotatable bonds is 21. The van der Waals surface area contributed by atoms with Crippen LogP contribution in [-0.2, 0) is 26.9 Å². The van der Waals surface area contributed by atoms with Gasteiger partial charge in [-0.2, -0.15) is 0 Å². The second-order valence-electron chi connectivity index (χ2n) is 17.4. The molecule has 2 aliphatic rings. The lowest BCUT2D eigenvalue weighted by atomic mass is 10.1. The van der Waals surface area contributed by atoms with Gasteiger partial charge >= 0.3 is 0 Å². The van der Waals surface area contributed by atoms with E-state index in [0.717, 1.165) is 106 Å². The van der Waals surface area contributed by atoms with Gasteiger partial charge in [-0.3, -0.25) is 0 Å². The summed E-state index contributed by atoms with van der Waals surface area (Å²) < 4.78 is 27.1. The fourth-order valence-corrected chi connectivity index (χ4v) is 11.1. The van der Waals surface area contributed by atoms with E-state index in [1.54, 1.807) is 52.0 Å². The Hall–Kier alpha value is -6.52. The van der Waals surface area contributed by atoms with E-state index >= 15 is 0 Å². The molecule has 0 atom stereocenters. The van der Waals surface area contributed by atoms with Crippen LogP contribution < -0.4 is 37.9 Å². The number of aromatic nitrogens is 4. The van der Waals surface area contributed by atoms with Crippen molar-refractivity contribution in [2.24, 2.45) is 24.1 Å². The van der Waals surface area contributed by atoms with Crippen LogP contribution >= 0.6 is 23.5 Å². The molecule has 4 aromatic carbocycles. The molecule has 0 aliphatic carbocycles. The molecule has 0 fully saturated rings. The Balaban J connectivity index is 0.806. The minimum Gasteiger partial charge on any atom is -0.493 e. The van der Waals surface area contributed by atoms with Gasteiger partial charge in [0.05, 0.1) is 87.6 Å². The minimum atomic E-state index is 0.415. The summed E-state index contributed by atoms with van der Waals surface area (Å²) in [4.78, 5) is 26.5. The first kappa shape index (κ1) is 49.9. The number of thioether (sulfide) groups is 2. The first-order chi connectivity index (χ1) is 34.0. The van der Waals surface area contributed by atoms with E-state index in [-0.39, 0.29) is 0 Å². The second-order valence-corrected chi connectivity index (χ2v) is 19.5. The highest BCUT2D eigenvalue weighted by Gasteiger charge is 2.28. The molecular formula is C54H64N10O4S2. The predicted octanol–water partition coefficient (Wildman–Crippen LogP) is 11.4. The van der Waals surface area contributed by atoms with E-state index in [2.05, 4.69) is 118 Å². The average molecular weight is 981 g/mol. The Bertz CT molecular complexity index is 2810. The second kappa shape index (κ2) is 22.9. The molecular weight excluding hydrogens is 917 g/mol. The third-order valence-electron chi connectivity index (χ3n) is 12.9. The van der Waals surface area contributed by atoms with Crippen LogP contribution in [0.5, 0.6) is 23.0 Å². The Morgan fingerprint density at radius 3 is 1.34 bits per heavy atom. The maximum Gasteiger partial charge on any atom is 0.299 e. The number of fused-ring (bicyclic) bond motifs is 4. The molecule has 70 heavy (non-hydrogen) atoms. The number of benzene rings is 4. The molecule has 366 valence electrons. The molecule has 2 aliphatic heterocycles. The van der Waals surface area contributed by atoms with Crippen LogP contribution in [0.1, 0.15) is 74.4 Å². The molecule has 4 heterocycles. The highest BCUT2D eigenvalue weighted by molar-refractivity contribution is 8.04. The van der Waals surface area contributed by atoms with Crippen molar-refractivity contribution in [3.63, 3.8) is 0 Å². The van der Waals surface area contributed by atoms with Crippen LogP contribution in [0.25, 0.3) is 45.4 Å². The number of aliphatic imine (C=N–C) groups is 2. The number of unbranched alkanes of at least 4 members (excludes halogenated alkanes) is 3. The number of ether oxygens (including phenoxy) is 4. The van der Waals surface area contributed by atoms with Gasteiger partial charge in [-0.15, -0.1) is 0 Å². The van der Waals surface area contributed by atoms with Gasteiger partial charge in [-0.25, -0.2) is 9.13 Å². The van der Waals surface area contributed by atoms with Crippen molar-refractivity contribution in [1.82, 2.24) is 9.97 Å². The van der Waals surface area contributed by atoms with Crippen LogP contribution in [0.2, 0.25) is 0 Å². The first-order valence-corrected chi connectivity index (χ1v) is 25.5. The standard InChI is InChI=1S/C54H64N10O4S2/c1-61-41-33-45(67-7)43(65-5)29-35(41)37(31-53-63(3)39-19-9-11-21-47(39)69-53)59-51(61)25-15-17-27-57-49(55)23-13-14-24-50(56)58-28-18-16-26-52-60-38(32-54-64(4)40-20-10-12-22-48(40)70-54)36-30-44(66-6)46(68-8)34-42(36)62(52)2/h9-12,19-22,29-34H,13-18,23-28H2,1-8H3,(H2-2,55,56,57,58). The van der Waals surface area contributed by atoms with E-state index < -0.39 is 0 Å². The number of amidine groups is 2. The molecule has 2 N–H and O–H groups in total. The number of methoxy groups -OCH3 is 4. The van der Waals surface area contributed by atoms with Gasteiger partial charge in [0.25, 0.3) is 11.6 Å². The fourth-order valence-electron chi connectivity index (χ4n) is 8.88. The number of para-hydroxylation sites is 2. The summed E-state index contributed by atoms with van der Waals surface area (Å²) in [6.45, 7) is 1.20. The SMILES string of the molecule is COc1cc2c(/C=C3\Sc4ccccc4N3C)nc(CCCCN=C([NH-])CCCCC([NH-])=NCCCCc3nc(/C=C4\Sc5ccccc5N4C)c4cc(OC)c(OC)cc4[n+]3C)[n+](C)c2cc1OC. The summed E-state index contributed by atoms with van der Waals surface area (Å²) in [5.41, 5.74) is 23.1. The smallest absolute Gasteiger partial charge is 0.299 e. The summed E-state index contributed by atoms with van der Waals surface area (Å²) in [5.74, 6) is 5.45. The Morgan fingerprint density at radius 1 is 0.571 bits per heavy atom. The lowest BCUT2D eigenvalue weighted by molar-refractivity contribution is -0.656. The van der Waals surface area contributed by atoms with Crippen molar-refractivity contribution in [2.45, 2.75) is 74.0 Å².